The summed E-state index contributed by atoms with van der Waals surface area (Å²) in [4.78, 5) is 71.2. The number of nitrogens with two attached hydrogens (primary N) is 1. The highest BCUT2D eigenvalue weighted by Crippen LogP contribution is 2.42. The van der Waals surface area contributed by atoms with Crippen molar-refractivity contribution in [3.8, 4) is 5.75 Å². The van der Waals surface area contributed by atoms with Crippen LogP contribution >= 0.6 is 0 Å². The highest BCUT2D eigenvalue weighted by molar-refractivity contribution is 7.90. The summed E-state index contributed by atoms with van der Waals surface area (Å²) >= 11 is 0. The molecule has 3 aromatic carbocycles. The molecule has 1 unspecified atom stereocenters. The molecule has 20 heteroatoms. The maximum atomic E-state index is 14.7. The number of aliphatic imine (C=N–C) groups is 1. The van der Waals surface area contributed by atoms with E-state index in [0.29, 0.717) is 42.8 Å². The van der Waals surface area contributed by atoms with Crippen LogP contribution in [0.25, 0.3) is 0 Å². The highest BCUT2D eigenvalue weighted by atomic mass is 32.2. The third-order valence-corrected chi connectivity index (χ3v) is 13.8. The van der Waals surface area contributed by atoms with E-state index in [1.165, 1.54) is 29.3 Å². The number of alkyl carbamates (subject to hydrolysis) is 1. The molecule has 2 fully saturated rings. The van der Waals surface area contributed by atoms with Gasteiger partial charge in [0, 0.05) is 43.9 Å². The fourth-order valence-corrected chi connectivity index (χ4v) is 10.3. The van der Waals surface area contributed by atoms with E-state index in [1.807, 2.05) is 51.1 Å². The SMILES string of the molecule is Cc1c(C)c(S(=O)(=O)NC(N)=NCCC[C@H](NC(=O)C2CCN3CC[C@](Cc4ccccc4)(NC(=O)OC(C)(C)C)C(=O)N23)C(=O)Nc2ccc([N+](=O)[O-])cc2)c(C)c2c1OC(C)(C)CC2. The number of ether oxygens (including phenoxy) is 2. The molecule has 0 saturated carbocycles. The highest BCUT2D eigenvalue weighted by Gasteiger charge is 2.54. The molecule has 2 saturated heterocycles. The Morgan fingerprint density at radius 1 is 1.02 bits per heavy atom. The molecule has 66 heavy (non-hydrogen) atoms. The smallest absolute Gasteiger partial charge is 0.408 e. The molecule has 3 aromatic rings. The van der Waals surface area contributed by atoms with E-state index in [0.717, 1.165) is 16.7 Å². The van der Waals surface area contributed by atoms with Crippen LogP contribution in [-0.4, -0.2) is 102 Å². The van der Waals surface area contributed by atoms with Crippen LogP contribution in [0.3, 0.4) is 0 Å². The lowest BCUT2D eigenvalue weighted by Gasteiger charge is -2.46. The van der Waals surface area contributed by atoms with Crippen molar-refractivity contribution in [1.29, 1.82) is 0 Å². The molecule has 6 rings (SSSR count). The van der Waals surface area contributed by atoms with Crippen LogP contribution in [0.5, 0.6) is 5.75 Å². The van der Waals surface area contributed by atoms with E-state index in [1.54, 1.807) is 39.6 Å². The average Bonchev–Trinajstić information content (AvgIpc) is 3.67. The molecular weight excluding hydrogens is 871 g/mol. The van der Waals surface area contributed by atoms with Crippen molar-refractivity contribution in [2.24, 2.45) is 10.7 Å². The minimum atomic E-state index is -4.19. The number of hydrogen-bond donors (Lipinski definition) is 5. The van der Waals surface area contributed by atoms with Gasteiger partial charge in [0.1, 0.15) is 34.6 Å². The van der Waals surface area contributed by atoms with Gasteiger partial charge in [0.05, 0.1) is 9.82 Å². The first kappa shape index (κ1) is 49.2. The number of amides is 4. The number of hydrazine groups is 1. The fraction of sp³-hybridized carbons (Fsp3) is 0.500. The van der Waals surface area contributed by atoms with Crippen LogP contribution in [0.15, 0.2) is 64.5 Å². The van der Waals surface area contributed by atoms with Crippen LogP contribution in [0, 0.1) is 30.9 Å². The van der Waals surface area contributed by atoms with E-state index in [4.69, 9.17) is 15.2 Å². The second-order valence-electron chi connectivity index (χ2n) is 18.8. The zero-order valence-electron chi connectivity index (χ0n) is 38.8. The largest absolute Gasteiger partial charge is 0.487 e. The molecular formula is C46H61N9O10S. The lowest BCUT2D eigenvalue weighted by Crippen LogP contribution is -2.70. The van der Waals surface area contributed by atoms with Crippen molar-refractivity contribution in [3.05, 3.63) is 92.5 Å². The summed E-state index contributed by atoms with van der Waals surface area (Å²) < 4.78 is 41.9. The van der Waals surface area contributed by atoms with Crippen molar-refractivity contribution >= 4 is 51.2 Å². The number of hydrogen-bond acceptors (Lipinski definition) is 12. The molecule has 4 amide bonds. The number of fused-ring (bicyclic) bond motifs is 2. The zero-order valence-corrected chi connectivity index (χ0v) is 39.6. The third-order valence-electron chi connectivity index (χ3n) is 12.2. The van der Waals surface area contributed by atoms with Crippen molar-refractivity contribution in [3.63, 3.8) is 0 Å². The molecule has 6 N–H and O–H groups in total. The predicted molar refractivity (Wildman–Crippen MR) is 247 cm³/mol. The Bertz CT molecular complexity index is 2510. The van der Waals surface area contributed by atoms with Gasteiger partial charge < -0.3 is 31.2 Å². The summed E-state index contributed by atoms with van der Waals surface area (Å²) in [5.74, 6) is -1.46. The van der Waals surface area contributed by atoms with Gasteiger partial charge in [0.15, 0.2) is 0 Å². The fourth-order valence-electron chi connectivity index (χ4n) is 8.74. The number of anilines is 1. The molecule has 19 nitrogen and oxygen atoms in total. The van der Waals surface area contributed by atoms with Crippen LogP contribution in [-0.2, 0) is 42.0 Å². The third kappa shape index (κ3) is 11.2. The summed E-state index contributed by atoms with van der Waals surface area (Å²) in [7, 11) is -4.19. The molecule has 0 bridgehead atoms. The monoisotopic (exact) mass is 931 g/mol. The molecule has 3 aliphatic heterocycles. The van der Waals surface area contributed by atoms with E-state index in [-0.39, 0.29) is 66.5 Å². The number of non-ortho nitro benzene ring substituents is 1. The number of nitrogens with one attached hydrogen (secondary N) is 4. The zero-order chi connectivity index (χ0) is 48.4. The van der Waals surface area contributed by atoms with Crippen LogP contribution in [0.4, 0.5) is 16.2 Å². The number of guanidine groups is 1. The van der Waals surface area contributed by atoms with Gasteiger partial charge >= 0.3 is 6.09 Å². The number of nitro groups is 1. The van der Waals surface area contributed by atoms with Crippen molar-refractivity contribution in [2.75, 3.05) is 25.0 Å². The molecule has 3 heterocycles. The van der Waals surface area contributed by atoms with Crippen LogP contribution in [0.2, 0.25) is 0 Å². The van der Waals surface area contributed by atoms with Crippen LogP contribution in [0.1, 0.15) is 94.5 Å². The molecule has 0 spiro atoms. The summed E-state index contributed by atoms with van der Waals surface area (Å²) in [5, 5.41) is 22.8. The van der Waals surface area contributed by atoms with Gasteiger partial charge in [-0.05, 0) is 134 Å². The van der Waals surface area contributed by atoms with Gasteiger partial charge in [-0.25, -0.2) is 22.9 Å². The topological polar surface area (TPSA) is 257 Å². The first-order valence-electron chi connectivity index (χ1n) is 22.0. The maximum absolute atomic E-state index is 14.7. The number of rotatable bonds is 14. The quantitative estimate of drug-likeness (QED) is 0.0478. The Morgan fingerprint density at radius 3 is 2.35 bits per heavy atom. The summed E-state index contributed by atoms with van der Waals surface area (Å²) in [6.07, 6.45) is 1.32. The minimum Gasteiger partial charge on any atom is -0.487 e. The van der Waals surface area contributed by atoms with Gasteiger partial charge in [-0.3, -0.25) is 34.5 Å². The first-order chi connectivity index (χ1) is 30.9. The van der Waals surface area contributed by atoms with E-state index in [2.05, 4.69) is 25.7 Å². The molecule has 0 radical (unpaired) electrons. The van der Waals surface area contributed by atoms with Gasteiger partial charge in [-0.1, -0.05) is 30.3 Å². The lowest BCUT2D eigenvalue weighted by molar-refractivity contribution is -0.384. The van der Waals surface area contributed by atoms with Crippen molar-refractivity contribution in [1.82, 2.24) is 25.4 Å². The molecule has 0 aromatic heterocycles. The van der Waals surface area contributed by atoms with Gasteiger partial charge in [-0.2, -0.15) is 0 Å². The lowest BCUT2D eigenvalue weighted by atomic mass is 9.84. The number of carbonyl (C=O) groups is 4. The Labute approximate surface area is 385 Å². The van der Waals surface area contributed by atoms with Crippen molar-refractivity contribution in [2.45, 2.75) is 134 Å². The summed E-state index contributed by atoms with van der Waals surface area (Å²) in [6.45, 7) is 15.1. The normalized spacial score (nSPS) is 20.0. The minimum absolute atomic E-state index is 0.00477. The Hall–Kier alpha value is -6.28. The van der Waals surface area contributed by atoms with Crippen molar-refractivity contribution < 1.29 is 42.0 Å². The molecule has 3 aliphatic rings. The second-order valence-corrected chi connectivity index (χ2v) is 20.4. The Kier molecular flexibility index (Phi) is 14.4. The van der Waals surface area contributed by atoms with E-state index in [9.17, 15) is 37.7 Å². The maximum Gasteiger partial charge on any atom is 0.408 e. The van der Waals surface area contributed by atoms with Gasteiger partial charge in [0.2, 0.25) is 17.8 Å². The number of carbonyl (C=O) groups excluding carboxylic acids is 4. The Morgan fingerprint density at radius 2 is 1.70 bits per heavy atom. The van der Waals surface area contributed by atoms with Crippen LogP contribution < -0.4 is 31.1 Å². The second kappa shape index (κ2) is 19.3. The Balaban J connectivity index is 1.19. The summed E-state index contributed by atoms with van der Waals surface area (Å²) in [6, 6.07) is 12.1. The summed E-state index contributed by atoms with van der Waals surface area (Å²) in [5.41, 5.74) is 6.93. The number of sulfonamides is 1. The molecule has 356 valence electrons. The molecule has 3 atom stereocenters. The first-order valence-corrected chi connectivity index (χ1v) is 23.5. The number of nitro benzene ring substituents is 1. The van der Waals surface area contributed by atoms with E-state index < -0.39 is 62.0 Å². The van der Waals surface area contributed by atoms with E-state index >= 15 is 0 Å². The standard InChI is InChI=1S/C46H61N9O10S/c1-28-29(2)38(30(3)34-20-22-45(7,8)64-37(28)34)66(62,63)52-42(47)48-24-12-15-35(39(56)49-32-16-18-33(19-17-32)55(60)61)50-40(57)36-21-25-53-26-23-46(41(58)54(36)53,27-31-13-10-9-11-14-31)51-43(59)65-44(4,5)6/h9-11,13-14,16-19,35-36H,12,15,20-27H2,1-8H3,(H,49,56)(H,50,57)(H,51,59)(H3,47,48,52)/t35-,36?,46+/m0/s1. The number of benzene rings is 3. The average molecular weight is 932 g/mol. The molecule has 0 aliphatic carbocycles. The number of nitrogens with zero attached hydrogens (tertiary/aromatic N) is 4. The van der Waals surface area contributed by atoms with Gasteiger partial charge in [0.25, 0.3) is 21.6 Å². The predicted octanol–water partition coefficient (Wildman–Crippen LogP) is 4.85. The van der Waals surface area contributed by atoms with Gasteiger partial charge in [-0.15, -0.1) is 0 Å².